The standard InChI is InChI=1S/C21H25N3O3S/c1-5-27-21(26)18-13(4)16-19(25)23-15(24-20(16)28-18)11-22-17(12(2)3)14-9-7-6-8-10-14/h6-10,12,17,22H,5,11H2,1-4H3,(H,23,24,25)/t17-/m0/s1. The van der Waals surface area contributed by atoms with E-state index in [9.17, 15) is 9.59 Å². The number of H-pyrrole nitrogens is 1. The van der Waals surface area contributed by atoms with Crippen LogP contribution in [0, 0.1) is 12.8 Å². The van der Waals surface area contributed by atoms with Gasteiger partial charge in [-0.2, -0.15) is 0 Å². The van der Waals surface area contributed by atoms with Crippen molar-refractivity contribution in [2.24, 2.45) is 5.92 Å². The first kappa shape index (κ1) is 20.2. The van der Waals surface area contributed by atoms with Crippen molar-refractivity contribution in [2.45, 2.75) is 40.3 Å². The molecule has 2 aromatic heterocycles. The van der Waals surface area contributed by atoms with E-state index in [1.165, 1.54) is 16.9 Å². The summed E-state index contributed by atoms with van der Waals surface area (Å²) in [4.78, 5) is 33.1. The average molecular weight is 400 g/mol. The van der Waals surface area contributed by atoms with Gasteiger partial charge in [0.2, 0.25) is 0 Å². The smallest absolute Gasteiger partial charge is 0.348 e. The summed E-state index contributed by atoms with van der Waals surface area (Å²) in [6, 6.07) is 10.3. The Morgan fingerprint density at radius 1 is 1.29 bits per heavy atom. The van der Waals surface area contributed by atoms with Gasteiger partial charge in [0.1, 0.15) is 15.5 Å². The minimum absolute atomic E-state index is 0.141. The summed E-state index contributed by atoms with van der Waals surface area (Å²) in [5.41, 5.74) is 1.58. The number of hydrogen-bond donors (Lipinski definition) is 2. The maximum atomic E-state index is 12.6. The first-order valence-electron chi connectivity index (χ1n) is 9.40. The Labute approximate surface area is 168 Å². The second kappa shape index (κ2) is 8.67. The monoisotopic (exact) mass is 399 g/mol. The zero-order valence-corrected chi connectivity index (χ0v) is 17.4. The lowest BCUT2D eigenvalue weighted by molar-refractivity contribution is 0.0531. The van der Waals surface area contributed by atoms with Crippen LogP contribution in [0.4, 0.5) is 0 Å². The van der Waals surface area contributed by atoms with Gasteiger partial charge in [-0.25, -0.2) is 9.78 Å². The van der Waals surface area contributed by atoms with Crippen LogP contribution in [0.15, 0.2) is 35.1 Å². The molecule has 0 bridgehead atoms. The summed E-state index contributed by atoms with van der Waals surface area (Å²) < 4.78 is 5.08. The zero-order chi connectivity index (χ0) is 20.3. The highest BCUT2D eigenvalue weighted by Crippen LogP contribution is 2.28. The molecular weight excluding hydrogens is 374 g/mol. The molecule has 0 amide bonds. The first-order chi connectivity index (χ1) is 13.4. The Morgan fingerprint density at radius 3 is 2.64 bits per heavy atom. The molecule has 0 saturated heterocycles. The van der Waals surface area contributed by atoms with Crippen molar-refractivity contribution in [3.8, 4) is 0 Å². The quantitative estimate of drug-likeness (QED) is 0.588. The number of aryl methyl sites for hydroxylation is 1. The molecule has 1 atom stereocenters. The normalized spacial score (nSPS) is 12.5. The van der Waals surface area contributed by atoms with Crippen LogP contribution in [0.5, 0.6) is 0 Å². The van der Waals surface area contributed by atoms with Crippen LogP contribution in [0.3, 0.4) is 0 Å². The van der Waals surface area contributed by atoms with Gasteiger partial charge in [0.05, 0.1) is 18.5 Å². The number of carbonyl (C=O) groups excluding carboxylic acids is 1. The van der Waals surface area contributed by atoms with E-state index in [2.05, 4.69) is 41.3 Å². The number of carbonyl (C=O) groups is 1. The van der Waals surface area contributed by atoms with Crippen molar-refractivity contribution in [2.75, 3.05) is 6.61 Å². The highest BCUT2D eigenvalue weighted by Gasteiger charge is 2.21. The number of hydrogen-bond acceptors (Lipinski definition) is 6. The van der Waals surface area contributed by atoms with Crippen LogP contribution in [-0.4, -0.2) is 22.5 Å². The third-order valence-corrected chi connectivity index (χ3v) is 5.79. The Kier molecular flexibility index (Phi) is 6.26. The number of nitrogens with zero attached hydrogens (tertiary/aromatic N) is 1. The lowest BCUT2D eigenvalue weighted by Crippen LogP contribution is -2.27. The van der Waals surface area contributed by atoms with Gasteiger partial charge in [-0.15, -0.1) is 11.3 Å². The number of fused-ring (bicyclic) bond motifs is 1. The third-order valence-electron chi connectivity index (χ3n) is 4.63. The predicted octanol–water partition coefficient (Wildman–Crippen LogP) is 3.96. The van der Waals surface area contributed by atoms with Gasteiger partial charge in [0.25, 0.3) is 5.56 Å². The largest absolute Gasteiger partial charge is 0.462 e. The van der Waals surface area contributed by atoms with E-state index >= 15 is 0 Å². The molecule has 3 rings (SSSR count). The van der Waals surface area contributed by atoms with E-state index in [1.54, 1.807) is 13.8 Å². The number of esters is 1. The molecule has 0 aliphatic rings. The lowest BCUT2D eigenvalue weighted by Gasteiger charge is -2.22. The maximum absolute atomic E-state index is 12.6. The van der Waals surface area contributed by atoms with Crippen LogP contribution < -0.4 is 10.9 Å². The summed E-state index contributed by atoms with van der Waals surface area (Å²) in [6.45, 7) is 8.53. The van der Waals surface area contributed by atoms with E-state index in [0.29, 0.717) is 45.6 Å². The van der Waals surface area contributed by atoms with Crippen LogP contribution >= 0.6 is 11.3 Å². The fraction of sp³-hybridized carbons (Fsp3) is 0.381. The minimum Gasteiger partial charge on any atom is -0.462 e. The third kappa shape index (κ3) is 4.15. The molecular formula is C21H25N3O3S. The molecule has 0 aliphatic carbocycles. The molecule has 0 aliphatic heterocycles. The number of aromatic amines is 1. The van der Waals surface area contributed by atoms with Crippen molar-refractivity contribution in [3.63, 3.8) is 0 Å². The van der Waals surface area contributed by atoms with Gasteiger partial charge in [-0.1, -0.05) is 44.2 Å². The highest BCUT2D eigenvalue weighted by atomic mass is 32.1. The van der Waals surface area contributed by atoms with Gasteiger partial charge in [-0.05, 0) is 30.9 Å². The van der Waals surface area contributed by atoms with Crippen LogP contribution in [0.2, 0.25) is 0 Å². The molecule has 28 heavy (non-hydrogen) atoms. The number of rotatable bonds is 7. The second-order valence-corrected chi connectivity index (χ2v) is 7.98. The van der Waals surface area contributed by atoms with Crippen molar-refractivity contribution in [1.29, 1.82) is 0 Å². The highest BCUT2D eigenvalue weighted by molar-refractivity contribution is 7.20. The van der Waals surface area contributed by atoms with Crippen LogP contribution in [0.25, 0.3) is 10.2 Å². The Morgan fingerprint density at radius 2 is 2.00 bits per heavy atom. The molecule has 7 heteroatoms. The summed E-state index contributed by atoms with van der Waals surface area (Å²) in [6.07, 6.45) is 0. The minimum atomic E-state index is -0.411. The molecule has 2 heterocycles. The molecule has 0 radical (unpaired) electrons. The van der Waals surface area contributed by atoms with Crippen LogP contribution in [-0.2, 0) is 11.3 Å². The summed E-state index contributed by atoms with van der Waals surface area (Å²) >= 11 is 1.20. The van der Waals surface area contributed by atoms with Gasteiger partial charge >= 0.3 is 5.97 Å². The molecule has 3 aromatic rings. The molecule has 2 N–H and O–H groups in total. The molecule has 0 fully saturated rings. The van der Waals surface area contributed by atoms with Crippen molar-refractivity contribution >= 4 is 27.5 Å². The van der Waals surface area contributed by atoms with Crippen LogP contribution in [0.1, 0.15) is 53.4 Å². The Balaban J connectivity index is 1.88. The van der Waals surface area contributed by atoms with E-state index in [1.807, 2.05) is 18.2 Å². The zero-order valence-electron chi connectivity index (χ0n) is 16.5. The molecule has 0 spiro atoms. The van der Waals surface area contributed by atoms with Gasteiger partial charge < -0.3 is 15.0 Å². The first-order valence-corrected chi connectivity index (χ1v) is 10.2. The fourth-order valence-corrected chi connectivity index (χ4v) is 4.36. The SMILES string of the molecule is CCOC(=O)c1sc2nc(CN[C@H](c3ccccc3)C(C)C)[nH]c(=O)c2c1C. The number of nitrogens with one attached hydrogen (secondary N) is 2. The lowest BCUT2D eigenvalue weighted by atomic mass is 9.96. The van der Waals surface area contributed by atoms with Gasteiger partial charge in [0.15, 0.2) is 0 Å². The summed E-state index contributed by atoms with van der Waals surface area (Å²) in [5.74, 6) is 0.513. The molecule has 1 aromatic carbocycles. The number of aromatic nitrogens is 2. The average Bonchev–Trinajstić information content (AvgIpc) is 3.00. The van der Waals surface area contributed by atoms with E-state index in [-0.39, 0.29) is 11.6 Å². The molecule has 148 valence electrons. The fourth-order valence-electron chi connectivity index (χ4n) is 3.27. The van der Waals surface area contributed by atoms with E-state index in [0.717, 1.165) is 0 Å². The molecule has 6 nitrogen and oxygen atoms in total. The van der Waals surface area contributed by atoms with Crippen molar-refractivity contribution in [1.82, 2.24) is 15.3 Å². The Hall–Kier alpha value is -2.51. The molecule has 0 saturated carbocycles. The summed E-state index contributed by atoms with van der Waals surface area (Å²) in [7, 11) is 0. The number of thiophene rings is 1. The number of benzene rings is 1. The van der Waals surface area contributed by atoms with Gasteiger partial charge in [-0.3, -0.25) is 4.79 Å². The van der Waals surface area contributed by atoms with Gasteiger partial charge in [0, 0.05) is 6.04 Å². The van der Waals surface area contributed by atoms with E-state index < -0.39 is 5.97 Å². The maximum Gasteiger partial charge on any atom is 0.348 e. The van der Waals surface area contributed by atoms with E-state index in [4.69, 9.17) is 4.74 Å². The van der Waals surface area contributed by atoms with Crippen molar-refractivity contribution < 1.29 is 9.53 Å². The second-order valence-electron chi connectivity index (χ2n) is 6.98. The predicted molar refractivity (Wildman–Crippen MR) is 112 cm³/mol. The van der Waals surface area contributed by atoms with Crippen molar-refractivity contribution in [3.05, 3.63) is 62.5 Å². The topological polar surface area (TPSA) is 84.1 Å². The Bertz CT molecular complexity index is 1020. The number of ether oxygens (including phenoxy) is 1. The molecule has 0 unspecified atom stereocenters. The summed E-state index contributed by atoms with van der Waals surface area (Å²) in [5, 5.41) is 3.95.